The molecular formula is C10H18O2. The fraction of sp³-hybridized carbons (Fsp3) is 0.800. The van der Waals surface area contributed by atoms with Gasteiger partial charge in [-0.1, -0.05) is 12.2 Å². The molecule has 1 saturated heterocycles. The maximum absolute atomic E-state index is 4.94. The van der Waals surface area contributed by atoms with Gasteiger partial charge >= 0.3 is 0 Å². The highest BCUT2D eigenvalue weighted by molar-refractivity contribution is 4.85. The summed E-state index contributed by atoms with van der Waals surface area (Å²) >= 11 is 0. The monoisotopic (exact) mass is 170 g/mol. The molecule has 70 valence electrons. The lowest BCUT2D eigenvalue weighted by molar-refractivity contribution is -0.0334. The molecule has 2 aliphatic rings. The van der Waals surface area contributed by atoms with E-state index in [1.165, 1.54) is 25.7 Å². The Bertz CT molecular complexity index is 97.5. The first-order valence-corrected chi connectivity index (χ1v) is 4.80. The second kappa shape index (κ2) is 7.32. The van der Waals surface area contributed by atoms with E-state index < -0.39 is 0 Å². The standard InChI is InChI=1S/C6H10.C4H8O2/c1-2-4-6-5-3-1;1-2-6-4-3-5-1/h1-2H,3-6H2;1-4H2. The lowest BCUT2D eigenvalue weighted by Gasteiger charge is -2.09. The van der Waals surface area contributed by atoms with Crippen LogP contribution in [0.4, 0.5) is 0 Å². The van der Waals surface area contributed by atoms with Crippen molar-refractivity contribution in [2.75, 3.05) is 26.4 Å². The topological polar surface area (TPSA) is 18.5 Å². The van der Waals surface area contributed by atoms with Gasteiger partial charge in [-0.3, -0.25) is 0 Å². The molecule has 0 saturated carbocycles. The molecule has 1 fully saturated rings. The predicted molar refractivity (Wildman–Crippen MR) is 49.2 cm³/mol. The van der Waals surface area contributed by atoms with E-state index in [1.54, 1.807) is 0 Å². The molecule has 0 aromatic carbocycles. The van der Waals surface area contributed by atoms with Crippen LogP contribution in [0.15, 0.2) is 12.2 Å². The first-order chi connectivity index (χ1) is 6.00. The van der Waals surface area contributed by atoms with Crippen LogP contribution in [0.3, 0.4) is 0 Å². The summed E-state index contributed by atoms with van der Waals surface area (Å²) in [5.74, 6) is 0. The molecule has 0 atom stereocenters. The largest absolute Gasteiger partial charge is 0.377 e. The van der Waals surface area contributed by atoms with Gasteiger partial charge in [-0.25, -0.2) is 0 Å². The molecule has 2 heteroatoms. The maximum Gasteiger partial charge on any atom is 0.0701 e. The van der Waals surface area contributed by atoms with Gasteiger partial charge < -0.3 is 9.47 Å². The Hall–Kier alpha value is -0.340. The Kier molecular flexibility index (Phi) is 5.94. The van der Waals surface area contributed by atoms with Gasteiger partial charge in [0.1, 0.15) is 0 Å². The maximum atomic E-state index is 4.94. The van der Waals surface area contributed by atoms with Crippen molar-refractivity contribution in [1.82, 2.24) is 0 Å². The van der Waals surface area contributed by atoms with Crippen LogP contribution in [-0.4, -0.2) is 26.4 Å². The molecular weight excluding hydrogens is 152 g/mol. The summed E-state index contributed by atoms with van der Waals surface area (Å²) in [6, 6.07) is 0. The number of rotatable bonds is 0. The second-order valence-corrected chi connectivity index (χ2v) is 2.98. The van der Waals surface area contributed by atoms with E-state index in [9.17, 15) is 0 Å². The second-order valence-electron chi connectivity index (χ2n) is 2.98. The van der Waals surface area contributed by atoms with Gasteiger partial charge in [0.05, 0.1) is 26.4 Å². The Balaban J connectivity index is 0.000000120. The fourth-order valence-corrected chi connectivity index (χ4v) is 1.20. The van der Waals surface area contributed by atoms with Crippen molar-refractivity contribution in [2.24, 2.45) is 0 Å². The van der Waals surface area contributed by atoms with E-state index >= 15 is 0 Å². The van der Waals surface area contributed by atoms with Crippen molar-refractivity contribution in [3.8, 4) is 0 Å². The minimum absolute atomic E-state index is 0.778. The van der Waals surface area contributed by atoms with E-state index in [2.05, 4.69) is 12.2 Å². The SMILES string of the molecule is C1=CCCCC1.C1COCCO1. The molecule has 1 heterocycles. The van der Waals surface area contributed by atoms with E-state index in [4.69, 9.17) is 9.47 Å². The molecule has 12 heavy (non-hydrogen) atoms. The highest BCUT2D eigenvalue weighted by atomic mass is 16.6. The first kappa shape index (κ1) is 9.75. The number of allylic oxidation sites excluding steroid dienone is 2. The number of hydrogen-bond acceptors (Lipinski definition) is 2. The van der Waals surface area contributed by atoms with Crippen molar-refractivity contribution in [1.29, 1.82) is 0 Å². The van der Waals surface area contributed by atoms with Crippen LogP contribution in [0.1, 0.15) is 25.7 Å². The van der Waals surface area contributed by atoms with Crippen LogP contribution >= 0.6 is 0 Å². The molecule has 1 aliphatic carbocycles. The van der Waals surface area contributed by atoms with Gasteiger partial charge in [-0.15, -0.1) is 0 Å². The normalized spacial score (nSPS) is 22.7. The summed E-state index contributed by atoms with van der Waals surface area (Å²) in [6.45, 7) is 3.11. The van der Waals surface area contributed by atoms with Crippen molar-refractivity contribution in [2.45, 2.75) is 25.7 Å². The van der Waals surface area contributed by atoms with Crippen molar-refractivity contribution >= 4 is 0 Å². The Morgan fingerprint density at radius 2 is 1.08 bits per heavy atom. The minimum Gasteiger partial charge on any atom is -0.377 e. The van der Waals surface area contributed by atoms with Crippen LogP contribution < -0.4 is 0 Å². The van der Waals surface area contributed by atoms with Gasteiger partial charge in [0.15, 0.2) is 0 Å². The summed E-state index contributed by atoms with van der Waals surface area (Å²) in [4.78, 5) is 0. The Labute approximate surface area is 74.6 Å². The zero-order valence-electron chi connectivity index (χ0n) is 7.63. The molecule has 0 radical (unpaired) electrons. The molecule has 0 spiro atoms. The predicted octanol–water partition coefficient (Wildman–Crippen LogP) is 2.15. The van der Waals surface area contributed by atoms with Crippen molar-refractivity contribution < 1.29 is 9.47 Å². The van der Waals surface area contributed by atoms with E-state index in [1.807, 2.05) is 0 Å². The van der Waals surface area contributed by atoms with Crippen molar-refractivity contribution in [3.63, 3.8) is 0 Å². The average Bonchev–Trinajstić information content (AvgIpc) is 2.24. The van der Waals surface area contributed by atoms with E-state index in [0.29, 0.717) is 0 Å². The molecule has 2 rings (SSSR count). The van der Waals surface area contributed by atoms with Gasteiger partial charge in [0.25, 0.3) is 0 Å². The smallest absolute Gasteiger partial charge is 0.0701 e. The zero-order valence-corrected chi connectivity index (χ0v) is 7.63. The molecule has 0 N–H and O–H groups in total. The summed E-state index contributed by atoms with van der Waals surface area (Å²) < 4.78 is 9.89. The van der Waals surface area contributed by atoms with Crippen LogP contribution in [0.25, 0.3) is 0 Å². The summed E-state index contributed by atoms with van der Waals surface area (Å²) in [7, 11) is 0. The third kappa shape index (κ3) is 5.33. The molecule has 2 nitrogen and oxygen atoms in total. The number of ether oxygens (including phenoxy) is 2. The van der Waals surface area contributed by atoms with Gasteiger partial charge in [-0.05, 0) is 25.7 Å². The molecule has 0 bridgehead atoms. The summed E-state index contributed by atoms with van der Waals surface area (Å²) in [6.07, 6.45) is 10.0. The van der Waals surface area contributed by atoms with Crippen LogP contribution in [0, 0.1) is 0 Å². The first-order valence-electron chi connectivity index (χ1n) is 4.80. The average molecular weight is 170 g/mol. The lowest BCUT2D eigenvalue weighted by Crippen LogP contribution is -2.16. The third-order valence-corrected chi connectivity index (χ3v) is 1.90. The molecule has 0 aromatic rings. The highest BCUT2D eigenvalue weighted by Gasteiger charge is 1.94. The summed E-state index contributed by atoms with van der Waals surface area (Å²) in [5, 5.41) is 0. The van der Waals surface area contributed by atoms with Crippen LogP contribution in [-0.2, 0) is 9.47 Å². The number of hydrogen-bond donors (Lipinski definition) is 0. The highest BCUT2D eigenvalue weighted by Crippen LogP contribution is 2.07. The Morgan fingerprint density at radius 1 is 0.667 bits per heavy atom. The lowest BCUT2D eigenvalue weighted by atomic mass is 10.1. The van der Waals surface area contributed by atoms with Gasteiger partial charge in [-0.2, -0.15) is 0 Å². The van der Waals surface area contributed by atoms with Gasteiger partial charge in [0.2, 0.25) is 0 Å². The van der Waals surface area contributed by atoms with Crippen LogP contribution in [0.2, 0.25) is 0 Å². The van der Waals surface area contributed by atoms with E-state index in [0.717, 1.165) is 26.4 Å². The molecule has 0 aromatic heterocycles. The van der Waals surface area contributed by atoms with Crippen molar-refractivity contribution in [3.05, 3.63) is 12.2 Å². The van der Waals surface area contributed by atoms with E-state index in [-0.39, 0.29) is 0 Å². The zero-order chi connectivity index (χ0) is 8.49. The summed E-state index contributed by atoms with van der Waals surface area (Å²) in [5.41, 5.74) is 0. The quantitative estimate of drug-likeness (QED) is 0.519. The molecule has 0 unspecified atom stereocenters. The third-order valence-electron chi connectivity index (χ3n) is 1.90. The fourth-order valence-electron chi connectivity index (χ4n) is 1.20. The van der Waals surface area contributed by atoms with Crippen LogP contribution in [0.5, 0.6) is 0 Å². The van der Waals surface area contributed by atoms with Gasteiger partial charge in [0, 0.05) is 0 Å². The molecule has 1 aliphatic heterocycles. The minimum atomic E-state index is 0.778. The Morgan fingerprint density at radius 3 is 1.25 bits per heavy atom. The molecule has 0 amide bonds.